The highest BCUT2D eigenvalue weighted by atomic mass is 127. The van der Waals surface area contributed by atoms with Gasteiger partial charge in [0, 0.05) is 33.7 Å². The molecule has 0 saturated carbocycles. The normalized spacial score (nSPS) is 13.3. The van der Waals surface area contributed by atoms with Gasteiger partial charge in [-0.15, -0.1) is 24.0 Å². The molecule has 0 spiro atoms. The largest absolute Gasteiger partial charge is 0.354 e. The van der Waals surface area contributed by atoms with Crippen molar-refractivity contribution in [2.45, 2.75) is 51.1 Å². The van der Waals surface area contributed by atoms with Crippen LogP contribution in [0.25, 0.3) is 0 Å². The van der Waals surface area contributed by atoms with Crippen molar-refractivity contribution >= 4 is 40.0 Å². The summed E-state index contributed by atoms with van der Waals surface area (Å²) in [5.41, 5.74) is 0.995. The third-order valence-corrected chi connectivity index (χ3v) is 6.60. The predicted octanol–water partition coefficient (Wildman–Crippen LogP) is 2.73. The van der Waals surface area contributed by atoms with Crippen molar-refractivity contribution in [3.8, 4) is 0 Å². The van der Waals surface area contributed by atoms with Gasteiger partial charge in [0.25, 0.3) is 0 Å². The van der Waals surface area contributed by atoms with E-state index in [2.05, 4.69) is 41.3 Å². The summed E-state index contributed by atoms with van der Waals surface area (Å²) in [4.78, 5) is 7.01. The number of nitrogens with zero attached hydrogens (tertiary/aromatic N) is 3. The Morgan fingerprint density at radius 1 is 1.14 bits per heavy atom. The van der Waals surface area contributed by atoms with Crippen LogP contribution >= 0.6 is 24.0 Å². The van der Waals surface area contributed by atoms with E-state index in [1.165, 1.54) is 18.4 Å². The summed E-state index contributed by atoms with van der Waals surface area (Å²) >= 11 is 0. The second-order valence-electron chi connectivity index (χ2n) is 7.07. The van der Waals surface area contributed by atoms with Gasteiger partial charge in [0.15, 0.2) is 5.96 Å². The minimum absolute atomic E-state index is 0. The van der Waals surface area contributed by atoms with Crippen LogP contribution in [0.2, 0.25) is 0 Å². The minimum Gasteiger partial charge on any atom is -0.354 e. The first-order chi connectivity index (χ1) is 13.2. The van der Waals surface area contributed by atoms with Crippen LogP contribution in [0.4, 0.5) is 0 Å². The number of rotatable bonds is 11. The lowest BCUT2D eigenvalue weighted by Crippen LogP contribution is -2.42. The smallest absolute Gasteiger partial charge is 0.242 e. The molecule has 1 atom stereocenters. The molecule has 0 heterocycles. The predicted molar refractivity (Wildman–Crippen MR) is 133 cm³/mol. The van der Waals surface area contributed by atoms with Gasteiger partial charge in [-0.25, -0.2) is 12.7 Å². The molecule has 0 fully saturated rings. The summed E-state index contributed by atoms with van der Waals surface area (Å²) in [6.07, 6.45) is 2.23. The summed E-state index contributed by atoms with van der Waals surface area (Å²) in [7, 11) is 1.43. The number of sulfonamides is 1. The molecule has 168 valence electrons. The fourth-order valence-corrected chi connectivity index (χ4v) is 3.74. The van der Waals surface area contributed by atoms with Crippen molar-refractivity contribution in [2.75, 3.05) is 40.8 Å². The van der Waals surface area contributed by atoms with Crippen molar-refractivity contribution in [3.63, 3.8) is 0 Å². The van der Waals surface area contributed by atoms with Crippen LogP contribution in [0.5, 0.6) is 0 Å². The lowest BCUT2D eigenvalue weighted by Gasteiger charge is -2.21. The van der Waals surface area contributed by atoms with Gasteiger partial charge in [-0.3, -0.25) is 4.99 Å². The van der Waals surface area contributed by atoms with E-state index in [1.807, 2.05) is 12.1 Å². The Morgan fingerprint density at radius 3 is 2.21 bits per heavy atom. The van der Waals surface area contributed by atoms with Gasteiger partial charge in [-0.1, -0.05) is 26.0 Å². The highest BCUT2D eigenvalue weighted by molar-refractivity contribution is 14.0. The summed E-state index contributed by atoms with van der Waals surface area (Å²) in [6, 6.07) is 7.25. The highest BCUT2D eigenvalue weighted by Crippen LogP contribution is 2.13. The van der Waals surface area contributed by atoms with Crippen molar-refractivity contribution < 1.29 is 8.42 Å². The second kappa shape index (κ2) is 14.2. The van der Waals surface area contributed by atoms with Gasteiger partial charge in [0.1, 0.15) is 0 Å². The fourth-order valence-electron chi connectivity index (χ4n) is 2.84. The zero-order valence-corrected chi connectivity index (χ0v) is 21.8. The maximum absolute atomic E-state index is 12.1. The quantitative estimate of drug-likeness (QED) is 0.257. The Hall–Kier alpha value is -0.910. The van der Waals surface area contributed by atoms with E-state index in [0.717, 1.165) is 44.0 Å². The summed E-state index contributed by atoms with van der Waals surface area (Å²) < 4.78 is 25.5. The van der Waals surface area contributed by atoms with Gasteiger partial charge < -0.3 is 15.5 Å². The Kier molecular flexibility index (Phi) is 13.7. The van der Waals surface area contributed by atoms with Crippen molar-refractivity contribution in [1.82, 2.24) is 19.8 Å². The molecule has 1 aromatic rings. The molecule has 0 saturated heterocycles. The summed E-state index contributed by atoms with van der Waals surface area (Å²) in [6.45, 7) is 10.4. The van der Waals surface area contributed by atoms with E-state index in [9.17, 15) is 8.42 Å². The average molecular weight is 540 g/mol. The van der Waals surface area contributed by atoms with Crippen molar-refractivity contribution in [1.29, 1.82) is 0 Å². The Labute approximate surface area is 194 Å². The molecule has 7 nitrogen and oxygen atoms in total. The lowest BCUT2D eigenvalue weighted by atomic mass is 10.2. The first kappa shape index (κ1) is 28.1. The molecule has 0 aromatic heterocycles. The molecular formula is C20H38IN5O2S. The van der Waals surface area contributed by atoms with E-state index in [4.69, 9.17) is 0 Å². The second-order valence-corrected chi connectivity index (χ2v) is 9.22. The number of halogens is 1. The molecule has 0 aliphatic rings. The van der Waals surface area contributed by atoms with Gasteiger partial charge >= 0.3 is 0 Å². The maximum Gasteiger partial charge on any atom is 0.242 e. The van der Waals surface area contributed by atoms with Crippen LogP contribution in [-0.2, 0) is 16.6 Å². The third kappa shape index (κ3) is 9.63. The molecule has 1 aromatic carbocycles. The Bertz CT molecular complexity index is 704. The molecule has 0 amide bonds. The van der Waals surface area contributed by atoms with Gasteiger partial charge in [-0.05, 0) is 57.1 Å². The van der Waals surface area contributed by atoms with Gasteiger partial charge in [0.05, 0.1) is 4.90 Å². The van der Waals surface area contributed by atoms with Crippen LogP contribution in [0.15, 0.2) is 34.2 Å². The lowest BCUT2D eigenvalue weighted by molar-refractivity contribution is 0.292. The number of hydrogen-bond donors (Lipinski definition) is 2. The van der Waals surface area contributed by atoms with Crippen molar-refractivity contribution in [3.05, 3.63) is 29.8 Å². The van der Waals surface area contributed by atoms with Crippen LogP contribution in [0.3, 0.4) is 0 Å². The fraction of sp³-hybridized carbons (Fsp3) is 0.650. The van der Waals surface area contributed by atoms with Gasteiger partial charge in [-0.2, -0.15) is 0 Å². The molecule has 0 aliphatic heterocycles. The molecule has 2 N–H and O–H groups in total. The van der Waals surface area contributed by atoms with Crippen LogP contribution in [0.1, 0.15) is 39.2 Å². The first-order valence-corrected chi connectivity index (χ1v) is 11.4. The molecule has 0 bridgehead atoms. The summed E-state index contributed by atoms with van der Waals surface area (Å²) in [5.74, 6) is 0.750. The molecule has 9 heteroatoms. The number of nitrogens with one attached hydrogen (secondary N) is 2. The van der Waals surface area contributed by atoms with E-state index in [1.54, 1.807) is 19.2 Å². The van der Waals surface area contributed by atoms with Crippen LogP contribution in [-0.4, -0.2) is 70.4 Å². The molecule has 1 rings (SSSR count). The monoisotopic (exact) mass is 539 g/mol. The zero-order chi connectivity index (χ0) is 21.2. The number of hydrogen-bond acceptors (Lipinski definition) is 4. The highest BCUT2D eigenvalue weighted by Gasteiger charge is 2.16. The average Bonchev–Trinajstić information content (AvgIpc) is 2.68. The topological polar surface area (TPSA) is 77.0 Å². The van der Waals surface area contributed by atoms with Crippen LogP contribution < -0.4 is 10.6 Å². The molecular weight excluding hydrogens is 501 g/mol. The third-order valence-electron chi connectivity index (χ3n) is 4.77. The number of benzene rings is 1. The van der Waals surface area contributed by atoms with Crippen molar-refractivity contribution in [2.24, 2.45) is 4.99 Å². The van der Waals surface area contributed by atoms with E-state index in [0.29, 0.717) is 17.5 Å². The molecule has 1 unspecified atom stereocenters. The first-order valence-electron chi connectivity index (χ1n) is 9.95. The molecule has 0 aliphatic carbocycles. The summed E-state index contributed by atoms with van der Waals surface area (Å²) in [5, 5.41) is 6.70. The molecule has 0 radical (unpaired) electrons. The SMILES string of the molecule is CCN(CC)CCCC(C)NC(=NC)NCc1ccc(S(=O)(=O)N(C)C)cc1.I. The number of guanidine groups is 1. The minimum atomic E-state index is -3.39. The van der Waals surface area contributed by atoms with E-state index in [-0.39, 0.29) is 24.0 Å². The Morgan fingerprint density at radius 2 is 1.72 bits per heavy atom. The number of aliphatic imine (C=N–C) groups is 1. The van der Waals surface area contributed by atoms with E-state index >= 15 is 0 Å². The van der Waals surface area contributed by atoms with E-state index < -0.39 is 10.0 Å². The maximum atomic E-state index is 12.1. The standard InChI is InChI=1S/C20H37N5O2S.HI/c1-7-25(8-2)15-9-10-17(3)23-20(21-4)22-16-18-11-13-19(14-12-18)28(26,27)24(5)6;/h11-14,17H,7-10,15-16H2,1-6H3,(H2,21,22,23);1H. The molecule has 29 heavy (non-hydrogen) atoms. The van der Waals surface area contributed by atoms with Gasteiger partial charge in [0.2, 0.25) is 10.0 Å². The zero-order valence-electron chi connectivity index (χ0n) is 18.6. The Balaban J connectivity index is 0.00000784. The van der Waals surface area contributed by atoms with Crippen LogP contribution in [0, 0.1) is 0 Å².